The van der Waals surface area contributed by atoms with Crippen molar-refractivity contribution in [3.05, 3.63) is 47.9 Å². The molecular formula is C24H34N4O2. The highest BCUT2D eigenvalue weighted by atomic mass is 16.5. The fourth-order valence-corrected chi connectivity index (χ4v) is 4.29. The molecule has 0 spiro atoms. The summed E-state index contributed by atoms with van der Waals surface area (Å²) >= 11 is 0. The molecule has 1 aromatic carbocycles. The summed E-state index contributed by atoms with van der Waals surface area (Å²) in [5, 5.41) is 3.13. The van der Waals surface area contributed by atoms with Gasteiger partial charge in [0.25, 0.3) is 0 Å². The monoisotopic (exact) mass is 410 g/mol. The predicted octanol–water partition coefficient (Wildman–Crippen LogP) is 3.76. The SMILES string of the molecule is CCOc1cc(CN2CCC(N3C=NC4=CNC=CC43)CC2)ccc1OCC(C)C. The largest absolute Gasteiger partial charge is 0.490 e. The highest BCUT2D eigenvalue weighted by Crippen LogP contribution is 2.31. The molecular weight excluding hydrogens is 376 g/mol. The molecule has 3 heterocycles. The fraction of sp³-hybridized carbons (Fsp3) is 0.542. The van der Waals surface area contributed by atoms with E-state index in [1.54, 1.807) is 0 Å². The third kappa shape index (κ3) is 4.81. The molecule has 1 N–H and O–H groups in total. The van der Waals surface area contributed by atoms with Gasteiger partial charge < -0.3 is 19.7 Å². The Hall–Kier alpha value is -2.47. The van der Waals surface area contributed by atoms with Crippen LogP contribution >= 0.6 is 0 Å². The number of rotatable bonds is 8. The number of likely N-dealkylation sites (tertiary alicyclic amines) is 1. The van der Waals surface area contributed by atoms with Crippen LogP contribution < -0.4 is 14.8 Å². The van der Waals surface area contributed by atoms with Gasteiger partial charge >= 0.3 is 0 Å². The Morgan fingerprint density at radius 2 is 2.00 bits per heavy atom. The zero-order valence-corrected chi connectivity index (χ0v) is 18.4. The number of piperidine rings is 1. The fourth-order valence-electron chi connectivity index (χ4n) is 4.29. The van der Waals surface area contributed by atoms with Crippen molar-refractivity contribution in [2.45, 2.75) is 52.2 Å². The molecule has 4 rings (SSSR count). The summed E-state index contributed by atoms with van der Waals surface area (Å²) in [7, 11) is 0. The molecule has 30 heavy (non-hydrogen) atoms. The van der Waals surface area contributed by atoms with Crippen LogP contribution in [-0.2, 0) is 6.54 Å². The first-order valence-corrected chi connectivity index (χ1v) is 11.2. The number of hydrogen-bond donors (Lipinski definition) is 1. The van der Waals surface area contributed by atoms with E-state index in [1.165, 1.54) is 5.56 Å². The zero-order valence-electron chi connectivity index (χ0n) is 18.4. The van der Waals surface area contributed by atoms with Gasteiger partial charge in [0.2, 0.25) is 0 Å². The van der Waals surface area contributed by atoms with Crippen LogP contribution in [0, 0.1) is 5.92 Å². The van der Waals surface area contributed by atoms with E-state index in [1.807, 2.05) is 25.7 Å². The summed E-state index contributed by atoms with van der Waals surface area (Å²) in [6.07, 6.45) is 10.6. The van der Waals surface area contributed by atoms with Crippen LogP contribution in [0.5, 0.6) is 11.5 Å². The number of hydrogen-bond acceptors (Lipinski definition) is 6. The van der Waals surface area contributed by atoms with E-state index in [9.17, 15) is 0 Å². The van der Waals surface area contributed by atoms with Gasteiger partial charge in [-0.1, -0.05) is 19.9 Å². The molecule has 6 nitrogen and oxygen atoms in total. The second kappa shape index (κ2) is 9.56. The first kappa shape index (κ1) is 20.8. The highest BCUT2D eigenvalue weighted by molar-refractivity contribution is 5.64. The maximum absolute atomic E-state index is 5.94. The van der Waals surface area contributed by atoms with Crippen molar-refractivity contribution in [1.29, 1.82) is 0 Å². The van der Waals surface area contributed by atoms with E-state index in [0.717, 1.165) is 49.7 Å². The van der Waals surface area contributed by atoms with Gasteiger partial charge in [-0.25, -0.2) is 4.99 Å². The summed E-state index contributed by atoms with van der Waals surface area (Å²) in [4.78, 5) is 9.54. The Morgan fingerprint density at radius 3 is 2.77 bits per heavy atom. The lowest BCUT2D eigenvalue weighted by molar-refractivity contribution is 0.147. The van der Waals surface area contributed by atoms with Gasteiger partial charge in [-0.2, -0.15) is 0 Å². The lowest BCUT2D eigenvalue weighted by atomic mass is 10.0. The number of dihydropyridines is 1. The quantitative estimate of drug-likeness (QED) is 0.707. The van der Waals surface area contributed by atoms with Crippen LogP contribution in [0.25, 0.3) is 0 Å². The second-order valence-corrected chi connectivity index (χ2v) is 8.66. The van der Waals surface area contributed by atoms with Crippen molar-refractivity contribution in [2.24, 2.45) is 10.9 Å². The van der Waals surface area contributed by atoms with Crippen LogP contribution in [0.2, 0.25) is 0 Å². The number of benzene rings is 1. The predicted molar refractivity (Wildman–Crippen MR) is 121 cm³/mol. The van der Waals surface area contributed by atoms with Crippen molar-refractivity contribution < 1.29 is 9.47 Å². The summed E-state index contributed by atoms with van der Waals surface area (Å²) < 4.78 is 11.8. The normalized spacial score (nSPS) is 21.5. The van der Waals surface area contributed by atoms with Crippen molar-refractivity contribution in [1.82, 2.24) is 15.1 Å². The van der Waals surface area contributed by atoms with E-state index in [2.05, 4.69) is 58.2 Å². The number of fused-ring (bicyclic) bond motifs is 1. The Labute approximate surface area is 180 Å². The van der Waals surface area contributed by atoms with Crippen LogP contribution in [0.4, 0.5) is 0 Å². The molecule has 0 saturated carbocycles. The van der Waals surface area contributed by atoms with Gasteiger partial charge in [0.1, 0.15) is 0 Å². The lowest BCUT2D eigenvalue weighted by Crippen LogP contribution is -2.46. The molecule has 1 atom stereocenters. The molecule has 0 bridgehead atoms. The number of nitrogens with zero attached hydrogens (tertiary/aromatic N) is 3. The summed E-state index contributed by atoms with van der Waals surface area (Å²) in [5.74, 6) is 2.20. The lowest BCUT2D eigenvalue weighted by Gasteiger charge is -2.38. The Morgan fingerprint density at radius 1 is 1.17 bits per heavy atom. The second-order valence-electron chi connectivity index (χ2n) is 8.66. The van der Waals surface area contributed by atoms with Gasteiger partial charge in [-0.15, -0.1) is 0 Å². The molecule has 1 fully saturated rings. The van der Waals surface area contributed by atoms with Crippen molar-refractivity contribution >= 4 is 6.34 Å². The molecule has 1 saturated heterocycles. The van der Waals surface area contributed by atoms with E-state index in [4.69, 9.17) is 9.47 Å². The molecule has 0 radical (unpaired) electrons. The third-order valence-corrected chi connectivity index (χ3v) is 5.84. The summed E-state index contributed by atoms with van der Waals surface area (Å²) in [6.45, 7) is 10.8. The molecule has 3 aliphatic heterocycles. The maximum atomic E-state index is 5.94. The summed E-state index contributed by atoms with van der Waals surface area (Å²) in [5.41, 5.74) is 2.39. The molecule has 0 aliphatic carbocycles. The minimum atomic E-state index is 0.301. The number of aliphatic imine (C=N–C) groups is 1. The third-order valence-electron chi connectivity index (χ3n) is 5.84. The Bertz CT molecular complexity index is 809. The van der Waals surface area contributed by atoms with Gasteiger partial charge in [-0.3, -0.25) is 4.90 Å². The molecule has 1 aromatic rings. The van der Waals surface area contributed by atoms with Crippen LogP contribution in [0.15, 0.2) is 47.4 Å². The maximum Gasteiger partial charge on any atom is 0.161 e. The zero-order chi connectivity index (χ0) is 20.9. The van der Waals surface area contributed by atoms with E-state index in [-0.39, 0.29) is 0 Å². The molecule has 0 amide bonds. The van der Waals surface area contributed by atoms with Gasteiger partial charge in [0.05, 0.1) is 31.3 Å². The van der Waals surface area contributed by atoms with E-state index >= 15 is 0 Å². The van der Waals surface area contributed by atoms with Crippen molar-refractivity contribution in [3.8, 4) is 11.5 Å². The molecule has 0 aromatic heterocycles. The molecule has 1 unspecified atom stereocenters. The van der Waals surface area contributed by atoms with Crippen LogP contribution in [0.3, 0.4) is 0 Å². The standard InChI is InChI=1S/C24H34N4O2/c1-4-29-24-13-19(5-6-23(24)30-16-18(2)3)15-27-11-8-20(9-12-27)28-17-26-21-14-25-10-7-22(21)28/h5-7,10,13-14,17-18,20,22,25H,4,8-9,11-12,15-16H2,1-3H3. The Kier molecular flexibility index (Phi) is 6.62. The molecule has 162 valence electrons. The first-order valence-electron chi connectivity index (χ1n) is 11.2. The Balaban J connectivity index is 1.33. The minimum Gasteiger partial charge on any atom is -0.490 e. The molecule has 3 aliphatic rings. The summed E-state index contributed by atoms with van der Waals surface area (Å²) in [6, 6.07) is 7.24. The highest BCUT2D eigenvalue weighted by Gasteiger charge is 2.32. The van der Waals surface area contributed by atoms with Crippen molar-refractivity contribution in [3.63, 3.8) is 0 Å². The van der Waals surface area contributed by atoms with Gasteiger partial charge in [0, 0.05) is 31.9 Å². The first-order chi connectivity index (χ1) is 14.6. The van der Waals surface area contributed by atoms with Gasteiger partial charge in [-0.05, 0) is 55.7 Å². The van der Waals surface area contributed by atoms with Crippen LogP contribution in [-0.4, -0.2) is 54.5 Å². The van der Waals surface area contributed by atoms with E-state index < -0.39 is 0 Å². The average Bonchev–Trinajstić information content (AvgIpc) is 3.18. The van der Waals surface area contributed by atoms with E-state index in [0.29, 0.717) is 31.2 Å². The van der Waals surface area contributed by atoms with Gasteiger partial charge in [0.15, 0.2) is 11.5 Å². The topological polar surface area (TPSA) is 49.3 Å². The molecule has 6 heteroatoms. The minimum absolute atomic E-state index is 0.301. The van der Waals surface area contributed by atoms with Crippen molar-refractivity contribution in [2.75, 3.05) is 26.3 Å². The number of ether oxygens (including phenoxy) is 2. The smallest absolute Gasteiger partial charge is 0.161 e. The number of nitrogens with one attached hydrogen (secondary N) is 1. The van der Waals surface area contributed by atoms with Crippen LogP contribution in [0.1, 0.15) is 39.2 Å². The average molecular weight is 411 g/mol.